The zero-order valence-electron chi connectivity index (χ0n) is 26.1. The van der Waals surface area contributed by atoms with Gasteiger partial charge in [0.15, 0.2) is 0 Å². The minimum Gasteiger partial charge on any atom is -0.779 e. The summed E-state index contributed by atoms with van der Waals surface area (Å²) in [4.78, 5) is 18.1. The molecule has 1 unspecified atom stereocenters. The van der Waals surface area contributed by atoms with Gasteiger partial charge in [0, 0.05) is 22.8 Å². The maximum atomic E-state index is 13.2. The number of rotatable bonds is 6. The van der Waals surface area contributed by atoms with Gasteiger partial charge in [0.1, 0.15) is 11.4 Å². The Labute approximate surface area is 296 Å². The van der Waals surface area contributed by atoms with Gasteiger partial charge in [-0.3, -0.25) is 14.8 Å². The molecule has 0 saturated heterocycles. The van der Waals surface area contributed by atoms with Crippen LogP contribution in [0.15, 0.2) is 108 Å². The third-order valence-electron chi connectivity index (χ3n) is 7.45. The van der Waals surface area contributed by atoms with E-state index in [-0.39, 0.29) is 31.5 Å². The molecule has 0 radical (unpaired) electrons. The van der Waals surface area contributed by atoms with Crippen LogP contribution in [0.2, 0.25) is 0 Å². The molecular formula is C37H28F3IrN6S. The Morgan fingerprint density at radius 2 is 1.42 bits per heavy atom. The first kappa shape index (κ1) is 36.1. The first-order valence-corrected chi connectivity index (χ1v) is 14.9. The van der Waals surface area contributed by atoms with Gasteiger partial charge >= 0.3 is 26.3 Å². The predicted molar refractivity (Wildman–Crippen MR) is 177 cm³/mol. The molecule has 242 valence electrons. The van der Waals surface area contributed by atoms with Gasteiger partial charge < -0.3 is 27.8 Å². The van der Waals surface area contributed by atoms with Crippen LogP contribution in [0.5, 0.6) is 0 Å². The van der Waals surface area contributed by atoms with Crippen molar-refractivity contribution >= 4 is 18.3 Å². The van der Waals surface area contributed by atoms with E-state index in [9.17, 15) is 13.2 Å². The molecule has 0 fully saturated rings. The van der Waals surface area contributed by atoms with E-state index in [2.05, 4.69) is 26.1 Å². The average molecular weight is 838 g/mol. The van der Waals surface area contributed by atoms with E-state index in [1.54, 1.807) is 30.3 Å². The van der Waals surface area contributed by atoms with Gasteiger partial charge in [0.05, 0.1) is 17.7 Å². The number of benzene rings is 2. The molecule has 2 aromatic carbocycles. The molecule has 6 rings (SSSR count). The minimum atomic E-state index is -4.60. The van der Waals surface area contributed by atoms with E-state index in [4.69, 9.17) is 29.2 Å². The van der Waals surface area contributed by atoms with E-state index in [0.717, 1.165) is 23.0 Å². The van der Waals surface area contributed by atoms with Gasteiger partial charge in [-0.1, -0.05) is 59.8 Å². The van der Waals surface area contributed by atoms with Crippen molar-refractivity contribution in [2.75, 3.05) is 0 Å². The van der Waals surface area contributed by atoms with Crippen LogP contribution in [0.25, 0.3) is 27.5 Å². The van der Waals surface area contributed by atoms with Crippen molar-refractivity contribution in [2.24, 2.45) is 0 Å². The Kier molecular flexibility index (Phi) is 11.6. The number of pyridine rings is 3. The van der Waals surface area contributed by atoms with Crippen molar-refractivity contribution in [2.45, 2.75) is 43.7 Å². The molecule has 0 amide bonds. The molecule has 6 nitrogen and oxygen atoms in total. The van der Waals surface area contributed by atoms with E-state index in [0.29, 0.717) is 39.6 Å². The molecule has 0 N–H and O–H groups in total. The topological polar surface area (TPSA) is 70.0 Å². The standard InChI is InChI=1S/C30H20F3N5S.C7H9N.Ir/c1-29(18-20-8-3-4-13-25(20)39,26-14-6-11-22(35-26)19-9-5-10-21(16-19)34-2)27-15-7-12-23(36-27)24-17-28(38-37-24)30(31,32)33;1-6-4-3-5-7(2)8-6;/h3-8,10-17H,18H2,1H3,(H-,36,37,38,39);3-5H,1-2H3;/q-2;;+3/p-1. The van der Waals surface area contributed by atoms with E-state index in [1.165, 1.54) is 0 Å². The zero-order chi connectivity index (χ0) is 33.6. The fraction of sp³-hybridized carbons (Fsp3) is 0.162. The molecule has 0 spiro atoms. The van der Waals surface area contributed by atoms with Crippen LogP contribution < -0.4 is 5.10 Å². The Balaban J connectivity index is 0.000000508. The number of hydrogen-bond acceptors (Lipinski definition) is 5. The van der Waals surface area contributed by atoms with Crippen molar-refractivity contribution in [3.05, 3.63) is 155 Å². The zero-order valence-corrected chi connectivity index (χ0v) is 29.3. The Morgan fingerprint density at radius 3 is 2.00 bits per heavy atom. The van der Waals surface area contributed by atoms with Crippen LogP contribution in [-0.2, 0) is 50.7 Å². The molecule has 0 aliphatic rings. The summed E-state index contributed by atoms with van der Waals surface area (Å²) in [6.45, 7) is 13.3. The maximum Gasteiger partial charge on any atom is 3.00 e. The summed E-state index contributed by atoms with van der Waals surface area (Å²) in [5.74, 6) is 0. The summed E-state index contributed by atoms with van der Waals surface area (Å²) in [6, 6.07) is 33.4. The second kappa shape index (κ2) is 15.4. The molecule has 0 aliphatic heterocycles. The monoisotopic (exact) mass is 838 g/mol. The van der Waals surface area contributed by atoms with Crippen LogP contribution in [-0.4, -0.2) is 20.1 Å². The Bertz CT molecular complexity index is 2040. The minimum absolute atomic E-state index is 0. The number of halogens is 3. The van der Waals surface area contributed by atoms with Crippen molar-refractivity contribution in [3.8, 4) is 22.6 Å². The summed E-state index contributed by atoms with van der Waals surface area (Å²) < 4.78 is 39.5. The first-order chi connectivity index (χ1) is 22.5. The smallest absolute Gasteiger partial charge is 0.779 e. The molecule has 0 aliphatic carbocycles. The summed E-state index contributed by atoms with van der Waals surface area (Å²) >= 11 is 5.59. The average Bonchev–Trinajstić information content (AvgIpc) is 3.58. The molecule has 6 aromatic rings. The number of aryl methyl sites for hydroxylation is 2. The van der Waals surface area contributed by atoms with Crippen molar-refractivity contribution < 1.29 is 33.3 Å². The number of nitrogens with zero attached hydrogens (tertiary/aromatic N) is 6. The summed E-state index contributed by atoms with van der Waals surface area (Å²) in [5, 5.41) is 7.01. The SMILES string of the molecule is Cc1cccc(C)n1.[C-]#[N+]c1cc[c-]c(-c2cccc(C(C)(Cc3ccccc3[S-])c3cccc(-c4cc(C(F)(F)F)n[n-]4)n3)n2)c1.[Ir+3]. The maximum absolute atomic E-state index is 13.2. The quantitative estimate of drug-likeness (QED) is 0.124. The second-order valence-corrected chi connectivity index (χ2v) is 11.5. The third kappa shape index (κ3) is 8.58. The predicted octanol–water partition coefficient (Wildman–Crippen LogP) is 8.68. The Morgan fingerprint density at radius 1 is 0.792 bits per heavy atom. The molecule has 48 heavy (non-hydrogen) atoms. The van der Waals surface area contributed by atoms with Crippen LogP contribution in [0.4, 0.5) is 18.9 Å². The molecule has 0 bridgehead atoms. The van der Waals surface area contributed by atoms with Gasteiger partial charge in [0.25, 0.3) is 0 Å². The summed E-state index contributed by atoms with van der Waals surface area (Å²) in [6.07, 6.45) is -4.16. The normalized spacial score (nSPS) is 12.1. The van der Waals surface area contributed by atoms with Crippen LogP contribution in [0, 0.1) is 26.5 Å². The van der Waals surface area contributed by atoms with Gasteiger partial charge in [-0.2, -0.15) is 24.1 Å². The number of aromatic nitrogens is 5. The summed E-state index contributed by atoms with van der Waals surface area (Å²) in [7, 11) is 0. The van der Waals surface area contributed by atoms with Gasteiger partial charge in [0.2, 0.25) is 0 Å². The molecule has 4 aromatic heterocycles. The third-order valence-corrected chi connectivity index (χ3v) is 7.85. The van der Waals surface area contributed by atoms with Crippen molar-refractivity contribution in [1.29, 1.82) is 0 Å². The van der Waals surface area contributed by atoms with Crippen LogP contribution in [0.1, 0.15) is 41.0 Å². The summed E-state index contributed by atoms with van der Waals surface area (Å²) in [5.41, 5.74) is 4.51. The van der Waals surface area contributed by atoms with E-state index >= 15 is 0 Å². The van der Waals surface area contributed by atoms with E-state index in [1.807, 2.05) is 87.5 Å². The van der Waals surface area contributed by atoms with E-state index < -0.39 is 17.3 Å². The Hall–Kier alpha value is -4.75. The van der Waals surface area contributed by atoms with Crippen LogP contribution in [0.3, 0.4) is 0 Å². The number of alkyl halides is 3. The largest absolute Gasteiger partial charge is 3.00 e. The molecule has 11 heteroatoms. The molecule has 1 atom stereocenters. The number of hydrogen-bond donors (Lipinski definition) is 0. The molecular weight excluding hydrogens is 810 g/mol. The van der Waals surface area contributed by atoms with Crippen LogP contribution >= 0.6 is 0 Å². The molecule has 4 heterocycles. The first-order valence-electron chi connectivity index (χ1n) is 14.5. The van der Waals surface area contributed by atoms with Gasteiger partial charge in [-0.05, 0) is 69.3 Å². The fourth-order valence-electron chi connectivity index (χ4n) is 5.03. The fourth-order valence-corrected chi connectivity index (χ4v) is 5.25. The van der Waals surface area contributed by atoms with Crippen molar-refractivity contribution in [3.63, 3.8) is 0 Å². The second-order valence-electron chi connectivity index (χ2n) is 11.0. The van der Waals surface area contributed by atoms with Crippen molar-refractivity contribution in [1.82, 2.24) is 25.1 Å². The van der Waals surface area contributed by atoms with Gasteiger partial charge in [-0.15, -0.1) is 23.8 Å². The molecule has 0 saturated carbocycles. The van der Waals surface area contributed by atoms with Gasteiger partial charge in [-0.25, -0.2) is 0 Å².